The Labute approximate surface area is 287 Å². The van der Waals surface area contributed by atoms with Crippen LogP contribution in [0.25, 0.3) is 32.7 Å². The van der Waals surface area contributed by atoms with Crippen LogP contribution in [0, 0.1) is 25.5 Å². The van der Waals surface area contributed by atoms with E-state index >= 15 is 0 Å². The molecule has 6 aromatic rings. The maximum Gasteiger partial charge on any atom is 0.129 e. The molecule has 248 valence electrons. The molecule has 0 aromatic heterocycles. The minimum atomic E-state index is -0.545. The molecule has 0 fully saturated rings. The van der Waals surface area contributed by atoms with Gasteiger partial charge in [-0.15, -0.1) is 0 Å². The van der Waals surface area contributed by atoms with E-state index in [9.17, 15) is 13.9 Å². The lowest BCUT2D eigenvalue weighted by atomic mass is 9.93. The number of aryl methyl sites for hydroxylation is 1. The SMILES string of the molecule is Cc1c(F)cc(-c2ccc(SN(C)CC(O)CNC(C)(C)Cc3ccc4ccccc4c3)cc2)cc1F.Cc1ccc2ccccc2c1. The number of benzene rings is 6. The van der Waals surface area contributed by atoms with Gasteiger partial charge >= 0.3 is 0 Å². The van der Waals surface area contributed by atoms with Crippen molar-refractivity contribution >= 4 is 33.5 Å². The molecule has 1 unspecified atom stereocenters. The Bertz CT molecular complexity index is 1950. The van der Waals surface area contributed by atoms with Gasteiger partial charge in [-0.05, 0) is 116 Å². The monoisotopic (exact) mass is 662 g/mol. The van der Waals surface area contributed by atoms with Gasteiger partial charge in [-0.3, -0.25) is 0 Å². The highest BCUT2D eigenvalue weighted by molar-refractivity contribution is 7.97. The van der Waals surface area contributed by atoms with Crippen LogP contribution in [-0.4, -0.2) is 41.2 Å². The molecular formula is C42H44F2N2OS. The second-order valence-corrected chi connectivity index (χ2v) is 14.4. The first kappa shape index (κ1) is 35.2. The quantitative estimate of drug-likeness (QED) is 0.143. The van der Waals surface area contributed by atoms with Gasteiger partial charge in [-0.1, -0.05) is 103 Å². The van der Waals surface area contributed by atoms with Crippen LogP contribution in [0.1, 0.15) is 30.5 Å². The molecule has 6 rings (SSSR count). The smallest absolute Gasteiger partial charge is 0.129 e. The van der Waals surface area contributed by atoms with E-state index in [1.807, 2.05) is 35.6 Å². The van der Waals surface area contributed by atoms with E-state index in [0.717, 1.165) is 16.9 Å². The van der Waals surface area contributed by atoms with Crippen LogP contribution in [0.4, 0.5) is 8.78 Å². The van der Waals surface area contributed by atoms with Gasteiger partial charge in [0, 0.05) is 29.1 Å². The Hall–Kier alpha value is -4.07. The van der Waals surface area contributed by atoms with E-state index in [4.69, 9.17) is 0 Å². The highest BCUT2D eigenvalue weighted by atomic mass is 32.2. The van der Waals surface area contributed by atoms with Gasteiger partial charge in [-0.25, -0.2) is 13.1 Å². The lowest BCUT2D eigenvalue weighted by molar-refractivity contribution is 0.142. The summed E-state index contributed by atoms with van der Waals surface area (Å²) in [6.07, 6.45) is 0.321. The second-order valence-electron chi connectivity index (χ2n) is 13.1. The highest BCUT2D eigenvalue weighted by Gasteiger charge is 2.20. The van der Waals surface area contributed by atoms with Crippen molar-refractivity contribution in [1.29, 1.82) is 0 Å². The first-order valence-electron chi connectivity index (χ1n) is 16.3. The summed E-state index contributed by atoms with van der Waals surface area (Å²) in [5.74, 6) is -1.09. The standard InChI is InChI=1S/C31H34F2N2OS.C11H10/c1-21-29(32)16-26(17-30(21)33)24-11-13-28(14-12-24)37-35(4)20-27(36)19-34-31(2,3)18-22-9-10-23-7-5-6-8-25(23)15-22;1-9-6-7-10-4-2-3-5-11(10)8-9/h5-17,27,34,36H,18-20H2,1-4H3;2-8H,1H3. The van der Waals surface area contributed by atoms with Crippen molar-refractivity contribution in [1.82, 2.24) is 9.62 Å². The molecule has 0 amide bonds. The topological polar surface area (TPSA) is 35.5 Å². The first-order chi connectivity index (χ1) is 23.0. The average Bonchev–Trinajstić information content (AvgIpc) is 3.06. The van der Waals surface area contributed by atoms with E-state index in [1.165, 1.54) is 63.7 Å². The van der Waals surface area contributed by atoms with Gasteiger partial charge in [0.05, 0.1) is 6.10 Å². The number of aliphatic hydroxyl groups excluding tert-OH is 1. The molecule has 0 bridgehead atoms. The fourth-order valence-electron chi connectivity index (χ4n) is 5.72. The molecule has 6 heteroatoms. The molecule has 0 spiro atoms. The molecule has 3 nitrogen and oxygen atoms in total. The Morgan fingerprint density at radius 1 is 0.708 bits per heavy atom. The Morgan fingerprint density at radius 3 is 1.90 bits per heavy atom. The van der Waals surface area contributed by atoms with Crippen molar-refractivity contribution in [2.24, 2.45) is 0 Å². The summed E-state index contributed by atoms with van der Waals surface area (Å²) in [7, 11) is 1.94. The molecule has 0 aliphatic carbocycles. The van der Waals surface area contributed by atoms with Crippen molar-refractivity contribution in [2.75, 3.05) is 20.1 Å². The van der Waals surface area contributed by atoms with Gasteiger partial charge in [-0.2, -0.15) is 0 Å². The molecule has 1 atom stereocenters. The summed E-state index contributed by atoms with van der Waals surface area (Å²) in [6.45, 7) is 8.82. The van der Waals surface area contributed by atoms with Crippen LogP contribution in [0.5, 0.6) is 0 Å². The molecule has 0 aliphatic heterocycles. The number of rotatable bonds is 10. The molecule has 0 heterocycles. The zero-order chi connectivity index (χ0) is 34.3. The highest BCUT2D eigenvalue weighted by Crippen LogP contribution is 2.28. The van der Waals surface area contributed by atoms with Crippen LogP contribution < -0.4 is 5.32 Å². The summed E-state index contributed by atoms with van der Waals surface area (Å²) in [6, 6.07) is 40.1. The predicted octanol–water partition coefficient (Wildman–Crippen LogP) is 10.2. The van der Waals surface area contributed by atoms with E-state index in [-0.39, 0.29) is 11.1 Å². The van der Waals surface area contributed by atoms with E-state index in [0.29, 0.717) is 18.7 Å². The van der Waals surface area contributed by atoms with Crippen molar-refractivity contribution in [3.05, 3.63) is 150 Å². The molecule has 0 aliphatic rings. The van der Waals surface area contributed by atoms with Gasteiger partial charge in [0.2, 0.25) is 0 Å². The number of fused-ring (bicyclic) bond motifs is 2. The van der Waals surface area contributed by atoms with E-state index < -0.39 is 17.7 Å². The van der Waals surface area contributed by atoms with Gasteiger partial charge < -0.3 is 10.4 Å². The zero-order valence-corrected chi connectivity index (χ0v) is 29.1. The van der Waals surface area contributed by atoms with Gasteiger partial charge in [0.1, 0.15) is 11.6 Å². The largest absolute Gasteiger partial charge is 0.390 e. The average molecular weight is 663 g/mol. The van der Waals surface area contributed by atoms with Crippen LogP contribution in [0.2, 0.25) is 0 Å². The number of likely N-dealkylation sites (N-methyl/N-ethyl adjacent to an activating group) is 1. The van der Waals surface area contributed by atoms with Crippen LogP contribution in [-0.2, 0) is 6.42 Å². The minimum Gasteiger partial charge on any atom is -0.390 e. The Kier molecular flexibility index (Phi) is 11.7. The second kappa shape index (κ2) is 15.9. The number of nitrogens with zero attached hydrogens (tertiary/aromatic N) is 1. The van der Waals surface area contributed by atoms with Crippen molar-refractivity contribution in [3.8, 4) is 11.1 Å². The number of hydrogen-bond donors (Lipinski definition) is 2. The van der Waals surface area contributed by atoms with Crippen LogP contribution in [0.15, 0.2) is 126 Å². The van der Waals surface area contributed by atoms with Crippen molar-refractivity contribution < 1.29 is 13.9 Å². The van der Waals surface area contributed by atoms with E-state index in [2.05, 4.69) is 111 Å². The first-order valence-corrected chi connectivity index (χ1v) is 17.0. The molecular weight excluding hydrogens is 619 g/mol. The zero-order valence-electron chi connectivity index (χ0n) is 28.3. The third kappa shape index (κ3) is 9.74. The number of hydrogen-bond acceptors (Lipinski definition) is 4. The fraction of sp³-hybridized carbons (Fsp3) is 0.238. The summed E-state index contributed by atoms with van der Waals surface area (Å²) in [4.78, 5) is 0.982. The van der Waals surface area contributed by atoms with Gasteiger partial charge in [0.15, 0.2) is 0 Å². The summed E-state index contributed by atoms with van der Waals surface area (Å²) in [5.41, 5.74) is 3.71. The third-order valence-electron chi connectivity index (χ3n) is 8.38. The Balaban J connectivity index is 0.000000343. The number of aliphatic hydroxyl groups is 1. The number of halogens is 2. The van der Waals surface area contributed by atoms with Crippen molar-refractivity contribution in [3.63, 3.8) is 0 Å². The van der Waals surface area contributed by atoms with E-state index in [1.54, 1.807) is 0 Å². The minimum absolute atomic E-state index is 0.0303. The summed E-state index contributed by atoms with van der Waals surface area (Å²) >= 11 is 1.52. The fourth-order valence-corrected chi connectivity index (χ4v) is 6.59. The molecule has 0 radical (unpaired) electrons. The van der Waals surface area contributed by atoms with Crippen molar-refractivity contribution in [2.45, 2.75) is 50.7 Å². The predicted molar refractivity (Wildman–Crippen MR) is 199 cm³/mol. The molecule has 2 N–H and O–H groups in total. The van der Waals surface area contributed by atoms with Crippen LogP contribution >= 0.6 is 11.9 Å². The van der Waals surface area contributed by atoms with Gasteiger partial charge in [0.25, 0.3) is 0 Å². The molecule has 48 heavy (non-hydrogen) atoms. The number of nitrogens with one attached hydrogen (secondary N) is 1. The maximum absolute atomic E-state index is 13.9. The third-order valence-corrected chi connectivity index (χ3v) is 9.32. The Morgan fingerprint density at radius 2 is 1.27 bits per heavy atom. The normalized spacial score (nSPS) is 12.3. The lowest BCUT2D eigenvalue weighted by Gasteiger charge is -2.29. The number of β-amino-alcohol motifs (C(OH)–C–C–N with tert-alkyl or cyclic N) is 1. The maximum atomic E-state index is 13.9. The molecule has 0 saturated heterocycles. The lowest BCUT2D eigenvalue weighted by Crippen LogP contribution is -2.46. The summed E-state index contributed by atoms with van der Waals surface area (Å²) < 4.78 is 29.8. The summed E-state index contributed by atoms with van der Waals surface area (Å²) in [5, 5.41) is 19.3. The molecule has 6 aromatic carbocycles. The van der Waals surface area contributed by atoms with Crippen LogP contribution in [0.3, 0.4) is 0 Å². The molecule has 0 saturated carbocycles.